The molecule has 2 aromatic rings. The van der Waals surface area contributed by atoms with Gasteiger partial charge < -0.3 is 9.64 Å². The molecule has 0 unspecified atom stereocenters. The van der Waals surface area contributed by atoms with E-state index in [2.05, 4.69) is 4.72 Å². The van der Waals surface area contributed by atoms with Crippen LogP contribution in [0, 0.1) is 0 Å². The molecule has 1 amide bonds. The van der Waals surface area contributed by atoms with Gasteiger partial charge in [-0.3, -0.25) is 4.79 Å². The van der Waals surface area contributed by atoms with Crippen molar-refractivity contribution >= 4 is 31.5 Å². The third-order valence-electron chi connectivity index (χ3n) is 6.22. The highest BCUT2D eigenvalue weighted by molar-refractivity contribution is 7.90. The molecule has 1 fully saturated rings. The fraction of sp³-hybridized carbons (Fsp3) is 0.435. The number of fused-ring (bicyclic) bond motifs is 1. The van der Waals surface area contributed by atoms with E-state index < -0.39 is 19.9 Å². The van der Waals surface area contributed by atoms with Gasteiger partial charge in [0.1, 0.15) is 10.6 Å². The third-order valence-corrected chi connectivity index (χ3v) is 8.87. The van der Waals surface area contributed by atoms with E-state index in [1.807, 2.05) is 0 Å². The standard InChI is InChI=1S/C23H28N2O6S2/c1-31-21-12-9-17(15-22(21)33(29,30)24-18-7-3-4-8-18)23(26)25-13-5-6-16-14-19(32(2,27)28)10-11-20(16)25/h9-12,14-15,18,24H,3-8,13H2,1-2H3. The number of rotatable bonds is 6. The predicted molar refractivity (Wildman–Crippen MR) is 125 cm³/mol. The highest BCUT2D eigenvalue weighted by atomic mass is 32.2. The van der Waals surface area contributed by atoms with Gasteiger partial charge in [-0.25, -0.2) is 21.6 Å². The molecule has 1 N–H and O–H groups in total. The number of sulfone groups is 1. The van der Waals surface area contributed by atoms with Crippen molar-refractivity contribution in [3.05, 3.63) is 47.5 Å². The van der Waals surface area contributed by atoms with Gasteiger partial charge in [0, 0.05) is 30.1 Å². The highest BCUT2D eigenvalue weighted by Gasteiger charge is 2.29. The lowest BCUT2D eigenvalue weighted by Crippen LogP contribution is -2.36. The smallest absolute Gasteiger partial charge is 0.258 e. The maximum absolute atomic E-state index is 13.4. The second kappa shape index (κ2) is 9.08. The number of nitrogens with one attached hydrogen (secondary N) is 1. The van der Waals surface area contributed by atoms with Gasteiger partial charge in [-0.2, -0.15) is 0 Å². The van der Waals surface area contributed by atoms with E-state index in [-0.39, 0.29) is 33.1 Å². The normalized spacial score (nSPS) is 17.1. The summed E-state index contributed by atoms with van der Waals surface area (Å²) < 4.78 is 58.0. The van der Waals surface area contributed by atoms with Crippen molar-refractivity contribution in [2.45, 2.75) is 54.4 Å². The Bertz CT molecular complexity index is 1280. The first-order valence-corrected chi connectivity index (χ1v) is 14.3. The van der Waals surface area contributed by atoms with E-state index in [9.17, 15) is 21.6 Å². The van der Waals surface area contributed by atoms with Crippen molar-refractivity contribution in [3.63, 3.8) is 0 Å². The first-order valence-electron chi connectivity index (χ1n) is 11.0. The quantitative estimate of drug-likeness (QED) is 0.664. The van der Waals surface area contributed by atoms with Crippen molar-refractivity contribution in [3.8, 4) is 5.75 Å². The summed E-state index contributed by atoms with van der Waals surface area (Å²) in [7, 11) is -5.83. The maximum atomic E-state index is 13.4. The van der Waals surface area contributed by atoms with Crippen molar-refractivity contribution in [1.82, 2.24) is 4.72 Å². The van der Waals surface area contributed by atoms with E-state index in [0.29, 0.717) is 25.1 Å². The summed E-state index contributed by atoms with van der Waals surface area (Å²) in [5, 5.41) is 0. The molecular weight excluding hydrogens is 464 g/mol. The van der Waals surface area contributed by atoms with E-state index in [1.165, 1.54) is 25.3 Å². The van der Waals surface area contributed by atoms with Crippen molar-refractivity contribution in [1.29, 1.82) is 0 Å². The molecule has 2 aliphatic rings. The van der Waals surface area contributed by atoms with E-state index in [1.54, 1.807) is 23.1 Å². The van der Waals surface area contributed by atoms with Gasteiger partial charge in [0.15, 0.2) is 9.84 Å². The van der Waals surface area contributed by atoms with Crippen LogP contribution in [0.25, 0.3) is 0 Å². The summed E-state index contributed by atoms with van der Waals surface area (Å²) >= 11 is 0. The number of carbonyl (C=O) groups is 1. The Morgan fingerprint density at radius 2 is 1.76 bits per heavy atom. The van der Waals surface area contributed by atoms with E-state index in [0.717, 1.165) is 37.5 Å². The topological polar surface area (TPSA) is 110 Å². The Balaban J connectivity index is 1.68. The molecule has 0 radical (unpaired) electrons. The molecule has 0 atom stereocenters. The van der Waals surface area contributed by atoms with Gasteiger partial charge in [0.05, 0.1) is 12.0 Å². The van der Waals surface area contributed by atoms with Gasteiger partial charge in [-0.1, -0.05) is 12.8 Å². The first-order chi connectivity index (χ1) is 15.6. The van der Waals surface area contributed by atoms with Crippen molar-refractivity contribution in [2.75, 3.05) is 24.8 Å². The fourth-order valence-electron chi connectivity index (χ4n) is 4.52. The minimum Gasteiger partial charge on any atom is -0.495 e. The second-order valence-electron chi connectivity index (χ2n) is 8.59. The molecular formula is C23H28N2O6S2. The summed E-state index contributed by atoms with van der Waals surface area (Å²) in [5.74, 6) is -0.170. The largest absolute Gasteiger partial charge is 0.495 e. The number of ether oxygens (including phenoxy) is 1. The number of carbonyl (C=O) groups excluding carboxylic acids is 1. The zero-order valence-electron chi connectivity index (χ0n) is 18.7. The summed E-state index contributed by atoms with van der Waals surface area (Å²) in [4.78, 5) is 15.1. The monoisotopic (exact) mass is 492 g/mol. The number of methoxy groups -OCH3 is 1. The number of hydrogen-bond donors (Lipinski definition) is 1. The summed E-state index contributed by atoms with van der Waals surface area (Å²) in [6.45, 7) is 0.457. The number of nitrogens with zero attached hydrogens (tertiary/aromatic N) is 1. The fourth-order valence-corrected chi connectivity index (χ4v) is 6.69. The Morgan fingerprint density at radius 1 is 1.03 bits per heavy atom. The third kappa shape index (κ3) is 4.92. The lowest BCUT2D eigenvalue weighted by Gasteiger charge is -2.30. The molecule has 1 aliphatic heterocycles. The van der Waals surface area contributed by atoms with Crippen LogP contribution in [-0.4, -0.2) is 48.7 Å². The highest BCUT2D eigenvalue weighted by Crippen LogP contribution is 2.32. The van der Waals surface area contributed by atoms with Crippen LogP contribution in [0.2, 0.25) is 0 Å². The van der Waals surface area contributed by atoms with Crippen LogP contribution in [-0.2, 0) is 26.3 Å². The molecule has 1 aliphatic carbocycles. The Hall–Kier alpha value is -2.43. The molecule has 0 saturated heterocycles. The van der Waals surface area contributed by atoms with Crippen LogP contribution in [0.5, 0.6) is 5.75 Å². The lowest BCUT2D eigenvalue weighted by atomic mass is 10.0. The second-order valence-corrected chi connectivity index (χ2v) is 12.3. The van der Waals surface area contributed by atoms with E-state index >= 15 is 0 Å². The van der Waals surface area contributed by atoms with Crippen LogP contribution in [0.1, 0.15) is 48.0 Å². The van der Waals surface area contributed by atoms with Gasteiger partial charge in [0.2, 0.25) is 10.0 Å². The Labute approximate surface area is 194 Å². The lowest BCUT2D eigenvalue weighted by molar-refractivity contribution is 0.0985. The number of benzene rings is 2. The van der Waals surface area contributed by atoms with E-state index in [4.69, 9.17) is 4.74 Å². The molecule has 1 saturated carbocycles. The molecule has 33 heavy (non-hydrogen) atoms. The number of aryl methyl sites for hydroxylation is 1. The molecule has 178 valence electrons. The van der Waals surface area contributed by atoms with Crippen molar-refractivity contribution < 1.29 is 26.4 Å². The number of anilines is 1. The van der Waals surface area contributed by atoms with Crippen molar-refractivity contribution in [2.24, 2.45) is 0 Å². The minimum atomic E-state index is -3.87. The molecule has 2 aromatic carbocycles. The van der Waals surface area contributed by atoms with Crippen LogP contribution >= 0.6 is 0 Å². The average Bonchev–Trinajstić information content (AvgIpc) is 3.29. The SMILES string of the molecule is COc1ccc(C(=O)N2CCCc3cc(S(C)(=O)=O)ccc32)cc1S(=O)(=O)NC1CCCC1. The molecule has 1 heterocycles. The molecule has 8 nitrogen and oxygen atoms in total. The number of sulfonamides is 1. The molecule has 0 aromatic heterocycles. The first kappa shape index (κ1) is 23.7. The molecule has 0 bridgehead atoms. The number of amides is 1. The van der Waals surface area contributed by atoms with Crippen LogP contribution in [0.15, 0.2) is 46.2 Å². The van der Waals surface area contributed by atoms with Gasteiger partial charge in [0.25, 0.3) is 5.91 Å². The van der Waals surface area contributed by atoms with Crippen LogP contribution in [0.4, 0.5) is 5.69 Å². The predicted octanol–water partition coefficient (Wildman–Crippen LogP) is 2.91. The summed E-state index contributed by atoms with van der Waals surface area (Å²) in [5.41, 5.74) is 1.65. The summed E-state index contributed by atoms with van der Waals surface area (Å²) in [6, 6.07) is 9.04. The number of hydrogen-bond acceptors (Lipinski definition) is 6. The Morgan fingerprint density at radius 3 is 2.42 bits per heavy atom. The van der Waals surface area contributed by atoms with Crippen LogP contribution < -0.4 is 14.4 Å². The van der Waals surface area contributed by atoms with Gasteiger partial charge >= 0.3 is 0 Å². The average molecular weight is 493 g/mol. The maximum Gasteiger partial charge on any atom is 0.258 e. The zero-order chi connectivity index (χ0) is 23.8. The van der Waals surface area contributed by atoms with Crippen LogP contribution in [0.3, 0.4) is 0 Å². The Kier molecular flexibility index (Phi) is 6.52. The zero-order valence-corrected chi connectivity index (χ0v) is 20.3. The molecule has 4 rings (SSSR count). The van der Waals surface area contributed by atoms with Gasteiger partial charge in [-0.05, 0) is 67.6 Å². The molecule has 0 spiro atoms. The summed E-state index contributed by atoms with van der Waals surface area (Å²) in [6.07, 6.45) is 6.04. The minimum absolute atomic E-state index is 0.0626. The molecule has 10 heteroatoms. The van der Waals surface area contributed by atoms with Gasteiger partial charge in [-0.15, -0.1) is 0 Å².